The van der Waals surface area contributed by atoms with Gasteiger partial charge in [-0.05, 0) is 6.07 Å². The maximum absolute atomic E-state index is 14.4. The number of nitrogens with one attached hydrogen (secondary N) is 1. The molecule has 0 aliphatic carbocycles. The fourth-order valence-electron chi connectivity index (χ4n) is 9.49. The highest BCUT2D eigenvalue weighted by Gasteiger charge is 2.45. The lowest BCUT2D eigenvalue weighted by atomic mass is 10.2. The molecule has 4 saturated heterocycles. The van der Waals surface area contributed by atoms with Crippen molar-refractivity contribution in [2.75, 3.05) is 49.4 Å². The second-order valence-corrected chi connectivity index (χ2v) is 26.5. The smallest absolute Gasteiger partial charge is 0.351 e. The maximum Gasteiger partial charge on any atom is 0.351 e. The Morgan fingerprint density at radius 2 is 1.12 bits per heavy atom. The van der Waals surface area contributed by atoms with Gasteiger partial charge in [0.2, 0.25) is 5.95 Å². The van der Waals surface area contributed by atoms with E-state index in [0.29, 0.717) is 11.2 Å². The van der Waals surface area contributed by atoms with Crippen LogP contribution < -0.4 is 44.0 Å². The van der Waals surface area contributed by atoms with E-state index in [1.165, 1.54) is 53.0 Å². The normalized spacial score (nSPS) is 29.4. The first kappa shape index (κ1) is 56.7. The lowest BCUT2D eigenvalue weighted by Crippen LogP contribution is -2.33. The zero-order valence-corrected chi connectivity index (χ0v) is 46.0. The lowest BCUT2D eigenvalue weighted by molar-refractivity contribution is -0.219. The lowest BCUT2D eigenvalue weighted by Gasteiger charge is -2.35. The van der Waals surface area contributed by atoms with Gasteiger partial charge in [0.1, 0.15) is 92.3 Å². The highest BCUT2D eigenvalue weighted by molar-refractivity contribution is 8.32. The average molecular weight is 1230 g/mol. The summed E-state index contributed by atoms with van der Waals surface area (Å²) in [5.74, 6) is -0.0587. The third kappa shape index (κ3) is 11.9. The number of ether oxygens (including phenoxy) is 4. The number of H-pyrrole nitrogens is 1. The SMILES string of the molecule is Nc1ccn(C2CC(O)C(COP([O-])(=S)OC3CC(n4cnc5c(N)ncnc54)OC3COP([O-])(=S)OC3CC(n4cnc5c(=O)[nH]c(N)nc54)OC3COP(=O)([S-])OC3CC(n4cnc5c(N)ncnc54)OC3CO)O2)c(=O)n1. The third-order valence-corrected chi connectivity index (χ3v) is 17.9. The van der Waals surface area contributed by atoms with E-state index >= 15 is 0 Å². The summed E-state index contributed by atoms with van der Waals surface area (Å²) >= 11 is 16.1. The summed E-state index contributed by atoms with van der Waals surface area (Å²) in [6, 6.07) is 1.38. The van der Waals surface area contributed by atoms with Gasteiger partial charge in [-0.2, -0.15) is 9.97 Å². The highest BCUT2D eigenvalue weighted by Crippen LogP contribution is 2.53. The van der Waals surface area contributed by atoms with Crippen LogP contribution in [0.2, 0.25) is 0 Å². The summed E-state index contributed by atoms with van der Waals surface area (Å²) in [7, 11) is 0. The fraction of sp³-hybridized carbons (Fsp3) is 0.513. The first-order chi connectivity index (χ1) is 38.1. The number of nitrogen functional groups attached to an aromatic ring is 4. The van der Waals surface area contributed by atoms with Gasteiger partial charge < -0.3 is 101 Å². The Labute approximate surface area is 463 Å². The average Bonchev–Trinajstić information content (AvgIpc) is 4.29. The van der Waals surface area contributed by atoms with Crippen molar-refractivity contribution >= 4 is 113 Å². The van der Waals surface area contributed by atoms with Crippen LogP contribution in [0, 0.1) is 0 Å². The molecule has 15 unspecified atom stereocenters. The number of aromatic nitrogens is 14. The van der Waals surface area contributed by atoms with Crippen molar-refractivity contribution in [3.8, 4) is 0 Å². The molecular weight excluding hydrogens is 1180 g/mol. The maximum atomic E-state index is 14.4. The number of hydrogen-bond donors (Lipinski definition) is 7. The Bertz CT molecular complexity index is 3730. The molecule has 0 spiro atoms. The molecule has 80 heavy (non-hydrogen) atoms. The van der Waals surface area contributed by atoms with E-state index in [0.717, 1.165) is 4.57 Å². The summed E-state index contributed by atoms with van der Waals surface area (Å²) in [5.41, 5.74) is 23.1. The van der Waals surface area contributed by atoms with Gasteiger partial charge in [-0.25, -0.2) is 39.7 Å². The Kier molecular flexibility index (Phi) is 16.0. The Hall–Kier alpha value is -5.15. The Morgan fingerprint density at radius 3 is 1.68 bits per heavy atom. The second kappa shape index (κ2) is 22.5. The summed E-state index contributed by atoms with van der Waals surface area (Å²) < 4.78 is 78.7. The molecule has 11 heterocycles. The van der Waals surface area contributed by atoms with Gasteiger partial charge in [0, 0.05) is 31.9 Å². The van der Waals surface area contributed by atoms with Crippen molar-refractivity contribution in [3.63, 3.8) is 0 Å². The van der Waals surface area contributed by atoms with Crippen LogP contribution in [0.5, 0.6) is 0 Å². The minimum atomic E-state index is -4.69. The highest BCUT2D eigenvalue weighted by atomic mass is 32.7. The van der Waals surface area contributed by atoms with Crippen LogP contribution in [-0.4, -0.2) is 154 Å². The molecular formula is C39H46N18O17P3S3-3. The molecule has 15 atom stereocenters. The summed E-state index contributed by atoms with van der Waals surface area (Å²) in [5, 5.41) is 21.0. The van der Waals surface area contributed by atoms with Crippen molar-refractivity contribution in [3.05, 3.63) is 64.7 Å². The molecule has 4 fully saturated rings. The monoisotopic (exact) mass is 1230 g/mol. The van der Waals surface area contributed by atoms with Crippen molar-refractivity contribution in [2.24, 2.45) is 0 Å². The van der Waals surface area contributed by atoms with Crippen LogP contribution in [0.15, 0.2) is 53.5 Å². The predicted octanol–water partition coefficient (Wildman–Crippen LogP) is -2.08. The predicted molar refractivity (Wildman–Crippen MR) is 278 cm³/mol. The molecule has 41 heteroatoms. The van der Waals surface area contributed by atoms with E-state index in [-0.39, 0.29) is 71.4 Å². The van der Waals surface area contributed by atoms with E-state index < -0.39 is 132 Å². The molecule has 0 saturated carbocycles. The third-order valence-electron chi connectivity index (χ3n) is 13.2. The number of aliphatic hydroxyl groups excluding tert-OH is 2. The van der Waals surface area contributed by atoms with Crippen molar-refractivity contribution in [1.82, 2.24) is 68.1 Å². The largest absolute Gasteiger partial charge is 0.780 e. The number of fused-ring (bicyclic) bond motifs is 3. The molecule has 0 amide bonds. The first-order valence-corrected chi connectivity index (χ1v) is 31.5. The molecule has 0 bridgehead atoms. The van der Waals surface area contributed by atoms with E-state index in [1.54, 1.807) is 4.57 Å². The molecule has 0 radical (unpaired) electrons. The fourth-order valence-corrected chi connectivity index (χ4v) is 13.9. The molecule has 430 valence electrons. The topological polar surface area (TPSA) is 486 Å². The van der Waals surface area contributed by atoms with Gasteiger partial charge in [0.25, 0.3) is 5.56 Å². The number of anilines is 4. The Balaban J connectivity index is 0.789. The molecule has 4 aliphatic rings. The van der Waals surface area contributed by atoms with Gasteiger partial charge in [-0.1, -0.05) is 23.6 Å². The summed E-state index contributed by atoms with van der Waals surface area (Å²) in [4.78, 5) is 92.8. The van der Waals surface area contributed by atoms with Crippen LogP contribution in [0.25, 0.3) is 33.5 Å². The van der Waals surface area contributed by atoms with Crippen LogP contribution in [-0.2, 0) is 86.5 Å². The molecule has 11 N–H and O–H groups in total. The van der Waals surface area contributed by atoms with E-state index in [2.05, 4.69) is 49.8 Å². The number of aliphatic hydroxyl groups is 2. The molecule has 0 aromatic carbocycles. The van der Waals surface area contributed by atoms with E-state index in [4.69, 9.17) is 105 Å². The Morgan fingerprint density at radius 1 is 0.650 bits per heavy atom. The standard InChI is InChI=1S/C39H49N18O17P3S3/c40-24-1-2-54(39(61)51-24)25-3-16(59)21(69-25)8-65-75(62,78)73-18-5-27(56-14-49-30-33(42)45-12-47-35(30)56)70-22(18)9-67-77(64,80)74-19-6-28(57-15-50-31-36(57)52-38(43)53-37(31)60)71-23(19)10-66-76(63,79)72-17-4-26(68-20(17)7-58)55-13-48-29-32(41)44-11-46-34(29)55/h1-2,11-23,25-28,58-59H,3-10H2,(H,62,78)(H,63,79)(H,64,80)(H2,40,51,61)(H2,41,44,46)(H2,42,45,47)(H3,43,52,53,60)/p-3. The van der Waals surface area contributed by atoms with Crippen molar-refractivity contribution in [2.45, 2.75) is 99.4 Å². The van der Waals surface area contributed by atoms with Gasteiger partial charge in [-0.3, -0.25) is 32.6 Å². The minimum absolute atomic E-state index is 0.00253. The van der Waals surface area contributed by atoms with Gasteiger partial charge in [0.05, 0.1) is 69.8 Å². The van der Waals surface area contributed by atoms with Crippen molar-refractivity contribution in [1.29, 1.82) is 0 Å². The first-order valence-electron chi connectivity index (χ1n) is 23.9. The van der Waals surface area contributed by atoms with E-state index in [1.807, 2.05) is 0 Å². The number of nitrogens with two attached hydrogens (primary N) is 4. The van der Waals surface area contributed by atoms with Crippen LogP contribution in [0.1, 0.15) is 50.6 Å². The number of nitrogens with zero attached hydrogens (tertiary/aromatic N) is 13. The van der Waals surface area contributed by atoms with Crippen molar-refractivity contribution < 1.29 is 70.7 Å². The number of hydrogen-bond acceptors (Lipinski definition) is 33. The van der Waals surface area contributed by atoms with Crippen LogP contribution in [0.3, 0.4) is 0 Å². The molecule has 35 nitrogen and oxygen atoms in total. The second-order valence-electron chi connectivity index (χ2n) is 18.4. The molecule has 7 aromatic rings. The summed E-state index contributed by atoms with van der Waals surface area (Å²) in [6.07, 6.45) is -6.01. The number of imidazole rings is 3. The van der Waals surface area contributed by atoms with Gasteiger partial charge in [0.15, 0.2) is 40.9 Å². The minimum Gasteiger partial charge on any atom is -0.780 e. The van der Waals surface area contributed by atoms with Gasteiger partial charge >= 0.3 is 5.69 Å². The molecule has 7 aromatic heterocycles. The quantitative estimate of drug-likeness (QED) is 0.0318. The zero-order valence-electron chi connectivity index (χ0n) is 40.8. The number of aromatic amines is 1. The number of rotatable bonds is 20. The van der Waals surface area contributed by atoms with Crippen LogP contribution >= 0.6 is 20.2 Å². The summed E-state index contributed by atoms with van der Waals surface area (Å²) in [6.45, 7) is -16.1. The van der Waals surface area contributed by atoms with E-state index in [9.17, 15) is 34.2 Å². The van der Waals surface area contributed by atoms with Gasteiger partial charge in [-0.15, -0.1) is 0 Å². The van der Waals surface area contributed by atoms with Crippen LogP contribution in [0.4, 0.5) is 23.4 Å². The zero-order chi connectivity index (χ0) is 56.4. The molecule has 4 aliphatic heterocycles. The molecule has 11 rings (SSSR count).